The van der Waals surface area contributed by atoms with Crippen molar-refractivity contribution in [1.82, 2.24) is 25.1 Å². The van der Waals surface area contributed by atoms with Gasteiger partial charge in [-0.15, -0.1) is 0 Å². The molecule has 5 aromatic rings. The molecular weight excluding hydrogens is 442 g/mol. The molecule has 8 heteroatoms. The number of fused-ring (bicyclic) bond motifs is 1. The molecule has 35 heavy (non-hydrogen) atoms. The number of nitrogens with zero attached hydrogens (tertiary/aromatic N) is 3. The Kier molecular flexibility index (Phi) is 4.93. The number of aromatic nitrogens is 5. The number of benzene rings is 1. The van der Waals surface area contributed by atoms with Gasteiger partial charge in [0.15, 0.2) is 5.60 Å². The molecular formula is C27H25N5O3. The lowest BCUT2D eigenvalue weighted by molar-refractivity contribution is 0.121. The molecule has 0 amide bonds. The van der Waals surface area contributed by atoms with E-state index in [0.29, 0.717) is 34.7 Å². The summed E-state index contributed by atoms with van der Waals surface area (Å²) in [5.41, 5.74) is 4.03. The average molecular weight is 468 g/mol. The van der Waals surface area contributed by atoms with E-state index in [-0.39, 0.29) is 5.56 Å². The van der Waals surface area contributed by atoms with E-state index >= 15 is 0 Å². The summed E-state index contributed by atoms with van der Waals surface area (Å²) >= 11 is 0. The summed E-state index contributed by atoms with van der Waals surface area (Å²) in [4.78, 5) is 27.5. The smallest absolute Gasteiger partial charge is 0.247 e. The second-order valence-corrected chi connectivity index (χ2v) is 9.28. The molecule has 8 nitrogen and oxygen atoms in total. The van der Waals surface area contributed by atoms with Crippen molar-refractivity contribution in [3.8, 4) is 0 Å². The second-order valence-electron chi connectivity index (χ2n) is 9.28. The fraction of sp³-hybridized carbons (Fsp3) is 0.259. The molecule has 0 bridgehead atoms. The van der Waals surface area contributed by atoms with Crippen molar-refractivity contribution < 1.29 is 9.63 Å². The van der Waals surface area contributed by atoms with Crippen LogP contribution in [0, 0.1) is 13.8 Å². The molecule has 0 radical (unpaired) electrons. The summed E-state index contributed by atoms with van der Waals surface area (Å²) in [6, 6.07) is 12.5. The first-order chi connectivity index (χ1) is 16.9. The van der Waals surface area contributed by atoms with Crippen molar-refractivity contribution in [2.75, 3.05) is 0 Å². The van der Waals surface area contributed by atoms with Gasteiger partial charge in [0.05, 0.1) is 22.4 Å². The van der Waals surface area contributed by atoms with E-state index in [1.807, 2.05) is 26.0 Å². The number of aryl methyl sites for hydroxylation is 2. The van der Waals surface area contributed by atoms with Gasteiger partial charge in [0.1, 0.15) is 11.6 Å². The van der Waals surface area contributed by atoms with E-state index in [1.54, 1.807) is 24.4 Å². The largest absolute Gasteiger partial charge is 0.374 e. The van der Waals surface area contributed by atoms with Gasteiger partial charge in [-0.3, -0.25) is 9.78 Å². The van der Waals surface area contributed by atoms with Crippen LogP contribution in [0.1, 0.15) is 64.0 Å². The monoisotopic (exact) mass is 467 g/mol. The third-order valence-corrected chi connectivity index (χ3v) is 6.82. The zero-order chi connectivity index (χ0) is 24.2. The molecule has 1 saturated carbocycles. The topological polar surface area (TPSA) is 121 Å². The van der Waals surface area contributed by atoms with Crippen molar-refractivity contribution in [2.24, 2.45) is 0 Å². The van der Waals surface area contributed by atoms with E-state index in [0.717, 1.165) is 46.8 Å². The first-order valence-corrected chi connectivity index (χ1v) is 11.7. The summed E-state index contributed by atoms with van der Waals surface area (Å²) in [5, 5.41) is 16.6. The minimum Gasteiger partial charge on any atom is -0.374 e. The number of pyridine rings is 2. The van der Waals surface area contributed by atoms with E-state index < -0.39 is 5.60 Å². The Bertz CT molecular complexity index is 1560. The highest BCUT2D eigenvalue weighted by atomic mass is 16.5. The predicted molar refractivity (Wildman–Crippen MR) is 130 cm³/mol. The average Bonchev–Trinajstić information content (AvgIpc) is 3.57. The Balaban J connectivity index is 1.62. The normalized spacial score (nSPS) is 15.4. The van der Waals surface area contributed by atoms with Crippen molar-refractivity contribution in [3.63, 3.8) is 0 Å². The molecule has 4 aromatic heterocycles. The quantitative estimate of drug-likeness (QED) is 0.347. The number of rotatable bonds is 6. The standard InChI is InChI=1S/C27H25N5O3/c1-15-20(16(2)35-32-15)11-17-12-21(25-22(13-17)30-26(31-25)18-6-7-18)27(34,23-5-3-4-10-28-23)19-8-9-24(33)29-14-19/h3-5,8-10,12-14,18,34H,6-7,11H2,1-2H3,(H,29,33)(H,30,31). The maximum atomic E-state index is 12.5. The molecule has 176 valence electrons. The fourth-order valence-electron chi connectivity index (χ4n) is 4.74. The Morgan fingerprint density at radius 3 is 2.69 bits per heavy atom. The Morgan fingerprint density at radius 2 is 2.03 bits per heavy atom. The molecule has 3 N–H and O–H groups in total. The molecule has 1 aliphatic carbocycles. The van der Waals surface area contributed by atoms with Crippen LogP contribution >= 0.6 is 0 Å². The van der Waals surface area contributed by atoms with Crippen LogP contribution in [0.5, 0.6) is 0 Å². The Labute approximate surface area is 201 Å². The number of imidazole rings is 1. The van der Waals surface area contributed by atoms with Crippen molar-refractivity contribution in [2.45, 2.75) is 44.6 Å². The third kappa shape index (κ3) is 3.66. The minimum atomic E-state index is -1.64. The van der Waals surface area contributed by atoms with Gasteiger partial charge in [0.25, 0.3) is 0 Å². The van der Waals surface area contributed by atoms with Gasteiger partial charge < -0.3 is 19.6 Å². The summed E-state index contributed by atoms with van der Waals surface area (Å²) in [7, 11) is 0. The third-order valence-electron chi connectivity index (χ3n) is 6.82. The van der Waals surface area contributed by atoms with Gasteiger partial charge in [0.2, 0.25) is 5.56 Å². The highest BCUT2D eigenvalue weighted by Gasteiger charge is 2.39. The SMILES string of the molecule is Cc1noc(C)c1Cc1cc(C(O)(c2ccc(=O)[nH]c2)c2ccccn2)c2nc(C3CC3)[nH]c2c1. The molecule has 1 atom stereocenters. The van der Waals surface area contributed by atoms with Gasteiger partial charge in [-0.2, -0.15) is 0 Å². The maximum absolute atomic E-state index is 12.5. The van der Waals surface area contributed by atoms with Crippen LogP contribution in [0.3, 0.4) is 0 Å². The van der Waals surface area contributed by atoms with Crippen molar-refractivity contribution in [1.29, 1.82) is 0 Å². The van der Waals surface area contributed by atoms with E-state index in [4.69, 9.17) is 9.51 Å². The Hall–Kier alpha value is -4.04. The zero-order valence-corrected chi connectivity index (χ0v) is 19.5. The second kappa shape index (κ2) is 8.02. The number of hydrogen-bond acceptors (Lipinski definition) is 6. The first-order valence-electron chi connectivity index (χ1n) is 11.7. The number of aromatic amines is 2. The fourth-order valence-corrected chi connectivity index (χ4v) is 4.74. The number of nitrogens with one attached hydrogen (secondary N) is 2. The van der Waals surface area contributed by atoms with Crippen LogP contribution in [0.4, 0.5) is 0 Å². The lowest BCUT2D eigenvalue weighted by Gasteiger charge is -2.29. The number of hydrogen-bond donors (Lipinski definition) is 3. The van der Waals surface area contributed by atoms with Crippen molar-refractivity contribution >= 4 is 11.0 Å². The number of aliphatic hydroxyl groups is 1. The van der Waals surface area contributed by atoms with E-state index in [1.165, 1.54) is 12.3 Å². The highest BCUT2D eigenvalue weighted by molar-refractivity contribution is 5.82. The van der Waals surface area contributed by atoms with Crippen LogP contribution in [0.2, 0.25) is 0 Å². The first kappa shape index (κ1) is 21.5. The van der Waals surface area contributed by atoms with Gasteiger partial charge >= 0.3 is 0 Å². The Morgan fingerprint density at radius 1 is 1.17 bits per heavy atom. The molecule has 0 saturated heterocycles. The molecule has 1 aromatic carbocycles. The van der Waals surface area contributed by atoms with Gasteiger partial charge in [-0.25, -0.2) is 4.98 Å². The molecule has 1 fully saturated rings. The summed E-state index contributed by atoms with van der Waals surface area (Å²) in [6.07, 6.45) is 5.98. The molecule has 0 spiro atoms. The van der Waals surface area contributed by atoms with Crippen molar-refractivity contribution in [3.05, 3.63) is 110 Å². The maximum Gasteiger partial charge on any atom is 0.247 e. The minimum absolute atomic E-state index is 0.245. The lowest BCUT2D eigenvalue weighted by Crippen LogP contribution is -2.31. The highest BCUT2D eigenvalue weighted by Crippen LogP contribution is 2.43. The van der Waals surface area contributed by atoms with Crippen LogP contribution in [-0.4, -0.2) is 30.2 Å². The molecule has 0 aliphatic heterocycles. The van der Waals surface area contributed by atoms with Gasteiger partial charge in [0, 0.05) is 47.5 Å². The molecule has 4 heterocycles. The molecule has 6 rings (SSSR count). The van der Waals surface area contributed by atoms with Crippen LogP contribution in [0.25, 0.3) is 11.0 Å². The van der Waals surface area contributed by atoms with Crippen LogP contribution in [-0.2, 0) is 12.0 Å². The predicted octanol–water partition coefficient (Wildman–Crippen LogP) is 4.00. The summed E-state index contributed by atoms with van der Waals surface area (Å²) in [5.74, 6) is 2.12. The van der Waals surface area contributed by atoms with E-state index in [2.05, 4.69) is 26.2 Å². The molecule has 1 unspecified atom stereocenters. The van der Waals surface area contributed by atoms with Gasteiger partial charge in [-0.05, 0) is 62.6 Å². The van der Waals surface area contributed by atoms with Gasteiger partial charge in [-0.1, -0.05) is 11.2 Å². The van der Waals surface area contributed by atoms with Crippen LogP contribution in [0.15, 0.2) is 64.2 Å². The summed E-state index contributed by atoms with van der Waals surface area (Å²) < 4.78 is 5.38. The van der Waals surface area contributed by atoms with Crippen LogP contribution < -0.4 is 5.56 Å². The zero-order valence-electron chi connectivity index (χ0n) is 19.5. The van der Waals surface area contributed by atoms with E-state index in [9.17, 15) is 9.90 Å². The summed E-state index contributed by atoms with van der Waals surface area (Å²) in [6.45, 7) is 3.83. The lowest BCUT2D eigenvalue weighted by atomic mass is 9.82. The number of H-pyrrole nitrogens is 2. The molecule has 1 aliphatic rings.